The first-order chi connectivity index (χ1) is 10.0. The number of rotatable bonds is 5. The molecule has 0 saturated heterocycles. The van der Waals surface area contributed by atoms with Crippen molar-refractivity contribution in [3.8, 4) is 0 Å². The Morgan fingerprint density at radius 2 is 1.76 bits per heavy atom. The average Bonchev–Trinajstić information content (AvgIpc) is 2.44. The van der Waals surface area contributed by atoms with Crippen molar-refractivity contribution in [2.24, 2.45) is 0 Å². The molecule has 110 valence electrons. The molecule has 5 nitrogen and oxygen atoms in total. The Kier molecular flexibility index (Phi) is 5.01. The Bertz CT molecular complexity index is 660. The summed E-state index contributed by atoms with van der Waals surface area (Å²) >= 11 is 11.7. The van der Waals surface area contributed by atoms with Gasteiger partial charge < -0.3 is 10.4 Å². The van der Waals surface area contributed by atoms with E-state index in [-0.39, 0.29) is 28.0 Å². The Balaban J connectivity index is 2.30. The summed E-state index contributed by atoms with van der Waals surface area (Å²) in [5, 5.41) is 23.2. The molecular formula is C14H12Cl2N2O3. The van der Waals surface area contributed by atoms with E-state index in [0.717, 1.165) is 5.56 Å². The van der Waals surface area contributed by atoms with E-state index in [1.54, 1.807) is 12.1 Å². The largest absolute Gasteiger partial charge is 0.396 e. The van der Waals surface area contributed by atoms with Crippen LogP contribution in [0.2, 0.25) is 10.0 Å². The molecule has 0 spiro atoms. The number of anilines is 2. The number of aliphatic hydroxyl groups is 1. The zero-order valence-corrected chi connectivity index (χ0v) is 12.4. The smallest absolute Gasteiger partial charge is 0.294 e. The predicted octanol–water partition coefficient (Wildman–Crippen LogP) is 4.18. The Hall–Kier alpha value is -1.82. The number of nitro benzene ring substituents is 1. The number of nitrogens with one attached hydrogen (secondary N) is 1. The van der Waals surface area contributed by atoms with Crippen molar-refractivity contribution >= 4 is 40.3 Å². The number of benzene rings is 2. The van der Waals surface area contributed by atoms with Crippen LogP contribution in [0.25, 0.3) is 0 Å². The van der Waals surface area contributed by atoms with Gasteiger partial charge >= 0.3 is 0 Å². The van der Waals surface area contributed by atoms with E-state index in [1.807, 2.05) is 12.1 Å². The molecule has 0 aliphatic rings. The minimum Gasteiger partial charge on any atom is -0.396 e. The quantitative estimate of drug-likeness (QED) is 0.638. The molecule has 7 heteroatoms. The number of halogens is 2. The van der Waals surface area contributed by atoms with E-state index >= 15 is 0 Å². The minimum absolute atomic E-state index is 0.0744. The lowest BCUT2D eigenvalue weighted by atomic mass is 10.1. The molecule has 2 aromatic carbocycles. The first kappa shape index (κ1) is 15.6. The van der Waals surface area contributed by atoms with Crippen LogP contribution in [0.4, 0.5) is 17.1 Å². The fraction of sp³-hybridized carbons (Fsp3) is 0.143. The van der Waals surface area contributed by atoms with E-state index in [2.05, 4.69) is 5.32 Å². The maximum atomic E-state index is 11.1. The number of hydrogen-bond acceptors (Lipinski definition) is 4. The predicted molar refractivity (Wildman–Crippen MR) is 83.6 cm³/mol. The number of aliphatic hydroxyl groups excluding tert-OH is 1. The second-order valence-corrected chi connectivity index (χ2v) is 5.15. The van der Waals surface area contributed by atoms with Crippen LogP contribution >= 0.6 is 23.2 Å². The minimum atomic E-state index is -0.523. The summed E-state index contributed by atoms with van der Waals surface area (Å²) in [6, 6.07) is 9.86. The summed E-state index contributed by atoms with van der Waals surface area (Å²) in [5.74, 6) is 0. The van der Waals surface area contributed by atoms with Crippen molar-refractivity contribution < 1.29 is 10.0 Å². The van der Waals surface area contributed by atoms with E-state index in [4.69, 9.17) is 28.3 Å². The molecule has 0 aliphatic carbocycles. The first-order valence-corrected chi connectivity index (χ1v) is 6.87. The zero-order chi connectivity index (χ0) is 15.4. The fourth-order valence-corrected chi connectivity index (χ4v) is 2.15. The average molecular weight is 327 g/mol. The maximum absolute atomic E-state index is 11.1. The Morgan fingerprint density at radius 1 is 1.14 bits per heavy atom. The molecule has 0 atom stereocenters. The van der Waals surface area contributed by atoms with Crippen LogP contribution in [0.3, 0.4) is 0 Å². The van der Waals surface area contributed by atoms with Crippen molar-refractivity contribution in [3.05, 3.63) is 62.1 Å². The molecule has 0 radical (unpaired) electrons. The molecule has 0 amide bonds. The van der Waals surface area contributed by atoms with Crippen LogP contribution in [0.5, 0.6) is 0 Å². The van der Waals surface area contributed by atoms with Crippen molar-refractivity contribution in [2.75, 3.05) is 11.9 Å². The number of nitro groups is 1. The number of nitrogens with zero attached hydrogens (tertiary/aromatic N) is 1. The van der Waals surface area contributed by atoms with E-state index in [9.17, 15) is 10.1 Å². The van der Waals surface area contributed by atoms with Gasteiger partial charge in [0.05, 0.1) is 15.0 Å². The topological polar surface area (TPSA) is 75.4 Å². The van der Waals surface area contributed by atoms with Gasteiger partial charge in [-0.1, -0.05) is 35.3 Å². The fourth-order valence-electron chi connectivity index (χ4n) is 1.83. The molecule has 2 rings (SSSR count). The van der Waals surface area contributed by atoms with Crippen molar-refractivity contribution in [3.63, 3.8) is 0 Å². The van der Waals surface area contributed by atoms with Gasteiger partial charge in [-0.25, -0.2) is 0 Å². The number of hydrogen-bond donors (Lipinski definition) is 2. The third kappa shape index (κ3) is 3.85. The van der Waals surface area contributed by atoms with Crippen LogP contribution in [0.15, 0.2) is 36.4 Å². The third-order valence-corrected chi connectivity index (χ3v) is 3.59. The normalized spacial score (nSPS) is 10.4. The Labute approximate surface area is 131 Å². The second-order valence-electron chi connectivity index (χ2n) is 4.34. The van der Waals surface area contributed by atoms with Gasteiger partial charge in [0, 0.05) is 18.4 Å². The van der Waals surface area contributed by atoms with Gasteiger partial charge in [0.25, 0.3) is 5.69 Å². The second kappa shape index (κ2) is 6.76. The molecule has 0 heterocycles. The van der Waals surface area contributed by atoms with Gasteiger partial charge in [-0.15, -0.1) is 0 Å². The summed E-state index contributed by atoms with van der Waals surface area (Å²) in [6.07, 6.45) is 0.563. The third-order valence-electron chi connectivity index (χ3n) is 2.87. The lowest BCUT2D eigenvalue weighted by Crippen LogP contribution is -1.98. The summed E-state index contributed by atoms with van der Waals surface area (Å²) in [5.41, 5.74) is 1.78. The van der Waals surface area contributed by atoms with E-state index in [1.165, 1.54) is 12.1 Å². The van der Waals surface area contributed by atoms with Gasteiger partial charge in [-0.2, -0.15) is 0 Å². The maximum Gasteiger partial charge on any atom is 0.294 e. The van der Waals surface area contributed by atoms with Crippen LogP contribution in [0.1, 0.15) is 5.56 Å². The molecule has 0 bridgehead atoms. The molecule has 0 aromatic heterocycles. The summed E-state index contributed by atoms with van der Waals surface area (Å²) < 4.78 is 0. The lowest BCUT2D eigenvalue weighted by Gasteiger charge is -2.09. The summed E-state index contributed by atoms with van der Waals surface area (Å²) in [6.45, 7) is 0.0744. The van der Waals surface area contributed by atoms with Gasteiger partial charge in [-0.05, 0) is 30.2 Å². The molecule has 2 aromatic rings. The lowest BCUT2D eigenvalue weighted by molar-refractivity contribution is -0.383. The van der Waals surface area contributed by atoms with Gasteiger partial charge in [0.1, 0.15) is 5.69 Å². The van der Waals surface area contributed by atoms with Crippen LogP contribution in [-0.4, -0.2) is 16.6 Å². The highest BCUT2D eigenvalue weighted by Crippen LogP contribution is 2.35. The molecule has 0 aliphatic heterocycles. The summed E-state index contributed by atoms with van der Waals surface area (Å²) in [4.78, 5) is 10.5. The molecule has 2 N–H and O–H groups in total. The molecule has 21 heavy (non-hydrogen) atoms. The highest BCUT2D eigenvalue weighted by Gasteiger charge is 2.17. The molecule has 0 fully saturated rings. The van der Waals surface area contributed by atoms with Crippen LogP contribution in [0, 0.1) is 10.1 Å². The first-order valence-electron chi connectivity index (χ1n) is 6.11. The van der Waals surface area contributed by atoms with Gasteiger partial charge in [0.2, 0.25) is 0 Å². The molecule has 0 unspecified atom stereocenters. The van der Waals surface area contributed by atoms with Gasteiger partial charge in [-0.3, -0.25) is 10.1 Å². The van der Waals surface area contributed by atoms with E-state index in [0.29, 0.717) is 12.1 Å². The highest BCUT2D eigenvalue weighted by atomic mass is 35.5. The van der Waals surface area contributed by atoms with Crippen molar-refractivity contribution in [1.29, 1.82) is 0 Å². The standard InChI is InChI=1S/C14H12Cl2N2O3/c15-11-7-13(14(18(20)21)8-12(11)16)17-10-3-1-9(2-4-10)5-6-19/h1-4,7-8,17,19H,5-6H2. The molecule has 0 saturated carbocycles. The zero-order valence-electron chi connectivity index (χ0n) is 10.8. The molecular weight excluding hydrogens is 315 g/mol. The SMILES string of the molecule is O=[N+]([O-])c1cc(Cl)c(Cl)cc1Nc1ccc(CCO)cc1. The monoisotopic (exact) mass is 326 g/mol. The highest BCUT2D eigenvalue weighted by molar-refractivity contribution is 6.42. The van der Waals surface area contributed by atoms with Crippen LogP contribution < -0.4 is 5.32 Å². The van der Waals surface area contributed by atoms with Crippen molar-refractivity contribution in [2.45, 2.75) is 6.42 Å². The van der Waals surface area contributed by atoms with Crippen molar-refractivity contribution in [1.82, 2.24) is 0 Å². The summed E-state index contributed by atoms with van der Waals surface area (Å²) in [7, 11) is 0. The Morgan fingerprint density at radius 3 is 2.33 bits per heavy atom. The van der Waals surface area contributed by atoms with Crippen LogP contribution in [-0.2, 0) is 6.42 Å². The van der Waals surface area contributed by atoms with Gasteiger partial charge in [0.15, 0.2) is 0 Å². The van der Waals surface area contributed by atoms with E-state index < -0.39 is 4.92 Å².